The minimum absolute atomic E-state index is 0.0452. The van der Waals surface area contributed by atoms with E-state index in [1.165, 1.54) is 7.11 Å². The second kappa shape index (κ2) is 4.42. The topological polar surface area (TPSA) is 72.5 Å². The fourth-order valence-corrected chi connectivity index (χ4v) is 1.55. The van der Waals surface area contributed by atoms with Gasteiger partial charge >= 0.3 is 5.97 Å². The van der Waals surface area contributed by atoms with E-state index >= 15 is 0 Å². The summed E-state index contributed by atoms with van der Waals surface area (Å²) in [5.74, 6) is -0.432. The molecule has 0 spiro atoms. The van der Waals surface area contributed by atoms with E-state index in [4.69, 9.17) is 0 Å². The molecule has 72 valence electrons. The van der Waals surface area contributed by atoms with Crippen LogP contribution in [0.5, 0.6) is 0 Å². The fourth-order valence-electron chi connectivity index (χ4n) is 0.740. The van der Waals surface area contributed by atoms with Crippen molar-refractivity contribution in [3.8, 4) is 0 Å². The Morgan fingerprint density at radius 1 is 1.58 bits per heavy atom. The molecule has 0 saturated heterocycles. The Morgan fingerprint density at radius 2 is 2.08 bits per heavy atom. The molecule has 1 unspecified atom stereocenters. The lowest BCUT2D eigenvalue weighted by atomic mass is 10.3. The Hall–Kier alpha value is -0.620. The third kappa shape index (κ3) is 6.11. The van der Waals surface area contributed by atoms with Crippen LogP contribution < -0.4 is 4.72 Å². The molecule has 12 heavy (non-hydrogen) atoms. The number of carbonyl (C=O) groups excluding carboxylic acids is 1. The van der Waals surface area contributed by atoms with Crippen LogP contribution in [-0.4, -0.2) is 33.8 Å². The van der Waals surface area contributed by atoms with Crippen LogP contribution in [0.1, 0.15) is 13.3 Å². The van der Waals surface area contributed by atoms with E-state index in [9.17, 15) is 13.2 Å². The third-order valence-corrected chi connectivity index (χ3v) is 1.95. The van der Waals surface area contributed by atoms with Gasteiger partial charge in [-0.25, -0.2) is 13.1 Å². The average molecular weight is 195 g/mol. The van der Waals surface area contributed by atoms with Gasteiger partial charge in [-0.3, -0.25) is 4.79 Å². The smallest absolute Gasteiger partial charge is 0.307 e. The largest absolute Gasteiger partial charge is 0.469 e. The molecule has 5 nitrogen and oxygen atoms in total. The van der Waals surface area contributed by atoms with Gasteiger partial charge in [-0.15, -0.1) is 0 Å². The molecule has 1 N–H and O–H groups in total. The fraction of sp³-hybridized carbons (Fsp3) is 0.833. The van der Waals surface area contributed by atoms with Crippen LogP contribution in [0, 0.1) is 0 Å². The maximum atomic E-state index is 10.7. The summed E-state index contributed by atoms with van der Waals surface area (Å²) >= 11 is 0. The van der Waals surface area contributed by atoms with Gasteiger partial charge in [0.25, 0.3) is 0 Å². The number of nitrogens with one attached hydrogen (secondary N) is 1. The van der Waals surface area contributed by atoms with Gasteiger partial charge in [0.2, 0.25) is 10.0 Å². The van der Waals surface area contributed by atoms with Crippen LogP contribution in [0.3, 0.4) is 0 Å². The van der Waals surface area contributed by atoms with Gasteiger partial charge in [0.05, 0.1) is 19.8 Å². The molecular formula is C6H13NO4S. The highest BCUT2D eigenvalue weighted by atomic mass is 32.2. The molecule has 0 fully saturated rings. The van der Waals surface area contributed by atoms with Crippen molar-refractivity contribution in [3.63, 3.8) is 0 Å². The summed E-state index contributed by atoms with van der Waals surface area (Å²) in [6.07, 6.45) is 1.09. The van der Waals surface area contributed by atoms with E-state index in [1.54, 1.807) is 6.92 Å². The van der Waals surface area contributed by atoms with Crippen molar-refractivity contribution in [1.82, 2.24) is 4.72 Å². The normalized spacial score (nSPS) is 13.9. The Labute approximate surface area is 72.1 Å². The molecule has 0 saturated carbocycles. The lowest BCUT2D eigenvalue weighted by molar-refractivity contribution is -0.140. The zero-order valence-corrected chi connectivity index (χ0v) is 8.14. The van der Waals surface area contributed by atoms with E-state index < -0.39 is 22.0 Å². The summed E-state index contributed by atoms with van der Waals surface area (Å²) in [7, 11) is -1.98. The highest BCUT2D eigenvalue weighted by molar-refractivity contribution is 7.88. The number of sulfonamides is 1. The van der Waals surface area contributed by atoms with Crippen LogP contribution in [-0.2, 0) is 19.6 Å². The van der Waals surface area contributed by atoms with Gasteiger partial charge in [0.15, 0.2) is 0 Å². The maximum absolute atomic E-state index is 10.7. The Morgan fingerprint density at radius 3 is 2.42 bits per heavy atom. The molecule has 0 aliphatic carbocycles. The summed E-state index contributed by atoms with van der Waals surface area (Å²) in [6.45, 7) is 1.60. The number of methoxy groups -OCH3 is 1. The summed E-state index contributed by atoms with van der Waals surface area (Å²) in [4.78, 5) is 10.7. The van der Waals surface area contributed by atoms with Gasteiger partial charge in [0, 0.05) is 6.04 Å². The van der Waals surface area contributed by atoms with Crippen molar-refractivity contribution in [2.75, 3.05) is 13.4 Å². The van der Waals surface area contributed by atoms with E-state index in [0.29, 0.717) is 0 Å². The Balaban J connectivity index is 3.91. The standard InChI is InChI=1S/C6H13NO4S/c1-5(4-6(8)11-2)7-12(3,9)10/h5,7H,4H2,1-3H3. The summed E-state index contributed by atoms with van der Waals surface area (Å²) in [6, 6.07) is -0.424. The van der Waals surface area contributed by atoms with Crippen molar-refractivity contribution < 1.29 is 17.9 Å². The first-order valence-corrected chi connectivity index (χ1v) is 5.28. The molecule has 0 aromatic rings. The van der Waals surface area contributed by atoms with Crippen molar-refractivity contribution in [3.05, 3.63) is 0 Å². The molecule has 6 heteroatoms. The van der Waals surface area contributed by atoms with Crippen LogP contribution in [0.4, 0.5) is 0 Å². The molecule has 1 atom stereocenters. The highest BCUT2D eigenvalue weighted by Crippen LogP contribution is 1.94. The second-order valence-corrected chi connectivity index (χ2v) is 4.35. The van der Waals surface area contributed by atoms with Crippen LogP contribution in [0.2, 0.25) is 0 Å². The number of ether oxygens (including phenoxy) is 1. The Kier molecular flexibility index (Phi) is 4.19. The lowest BCUT2D eigenvalue weighted by Crippen LogP contribution is -2.33. The zero-order chi connectivity index (χ0) is 9.78. The van der Waals surface area contributed by atoms with Gasteiger partial charge in [-0.05, 0) is 6.92 Å². The first-order valence-electron chi connectivity index (χ1n) is 3.39. The number of rotatable bonds is 4. The highest BCUT2D eigenvalue weighted by Gasteiger charge is 2.12. The lowest BCUT2D eigenvalue weighted by Gasteiger charge is -2.09. The molecule has 0 bridgehead atoms. The van der Waals surface area contributed by atoms with E-state index in [2.05, 4.69) is 9.46 Å². The summed E-state index contributed by atoms with van der Waals surface area (Å²) in [5, 5.41) is 0. The molecular weight excluding hydrogens is 182 g/mol. The number of hydrogen-bond acceptors (Lipinski definition) is 4. The van der Waals surface area contributed by atoms with Gasteiger partial charge in [0.1, 0.15) is 0 Å². The van der Waals surface area contributed by atoms with Crippen molar-refractivity contribution in [2.45, 2.75) is 19.4 Å². The number of carbonyl (C=O) groups is 1. The van der Waals surface area contributed by atoms with Crippen LogP contribution in [0.25, 0.3) is 0 Å². The van der Waals surface area contributed by atoms with Crippen molar-refractivity contribution in [1.29, 1.82) is 0 Å². The number of hydrogen-bond donors (Lipinski definition) is 1. The van der Waals surface area contributed by atoms with Gasteiger partial charge < -0.3 is 4.74 Å². The molecule has 0 amide bonds. The SMILES string of the molecule is COC(=O)CC(C)NS(C)(=O)=O. The minimum Gasteiger partial charge on any atom is -0.469 e. The molecule has 0 heterocycles. The van der Waals surface area contributed by atoms with Crippen molar-refractivity contribution in [2.24, 2.45) is 0 Å². The van der Waals surface area contributed by atoms with E-state index in [0.717, 1.165) is 6.26 Å². The maximum Gasteiger partial charge on any atom is 0.307 e. The predicted octanol–water partition coefficient (Wildman–Crippen LogP) is -0.513. The van der Waals surface area contributed by atoms with E-state index in [-0.39, 0.29) is 6.42 Å². The molecule has 0 aromatic carbocycles. The molecule has 0 rings (SSSR count). The zero-order valence-electron chi connectivity index (χ0n) is 7.33. The van der Waals surface area contributed by atoms with Crippen LogP contribution >= 0.6 is 0 Å². The van der Waals surface area contributed by atoms with Gasteiger partial charge in [-0.1, -0.05) is 0 Å². The Bertz CT molecular complexity index is 246. The first kappa shape index (κ1) is 11.4. The van der Waals surface area contributed by atoms with Crippen molar-refractivity contribution >= 4 is 16.0 Å². The summed E-state index contributed by atoms with van der Waals surface area (Å²) < 4.78 is 27.9. The molecule has 0 aliphatic rings. The quantitative estimate of drug-likeness (QED) is 0.613. The average Bonchev–Trinajstić information content (AvgIpc) is 1.82. The predicted molar refractivity (Wildman–Crippen MR) is 44.1 cm³/mol. The van der Waals surface area contributed by atoms with Gasteiger partial charge in [-0.2, -0.15) is 0 Å². The molecule has 0 radical (unpaired) electrons. The molecule has 0 aliphatic heterocycles. The number of esters is 1. The van der Waals surface area contributed by atoms with Crippen LogP contribution in [0.15, 0.2) is 0 Å². The minimum atomic E-state index is -3.23. The first-order chi connectivity index (χ1) is 5.35. The summed E-state index contributed by atoms with van der Waals surface area (Å²) in [5.41, 5.74) is 0. The monoisotopic (exact) mass is 195 g/mol. The second-order valence-electron chi connectivity index (χ2n) is 2.57. The van der Waals surface area contributed by atoms with E-state index in [1.807, 2.05) is 0 Å². The third-order valence-electron chi connectivity index (χ3n) is 1.12. The molecule has 0 aromatic heterocycles.